The lowest BCUT2D eigenvalue weighted by Gasteiger charge is -2.36. The largest absolute Gasteiger partial charge is 0.357 e. The molecular weight excluding hydrogens is 302 g/mol. The maximum atomic E-state index is 12.7. The van der Waals surface area contributed by atoms with Gasteiger partial charge in [-0.1, -0.05) is 24.3 Å². The molecule has 0 unspecified atom stereocenters. The number of carbonyl (C=O) groups is 2. The second-order valence-corrected chi connectivity index (χ2v) is 6.15. The van der Waals surface area contributed by atoms with E-state index in [0.717, 1.165) is 24.1 Å². The van der Waals surface area contributed by atoms with Gasteiger partial charge in [-0.2, -0.15) is 0 Å². The van der Waals surface area contributed by atoms with Gasteiger partial charge in [0.15, 0.2) is 0 Å². The summed E-state index contributed by atoms with van der Waals surface area (Å²) in [5.41, 5.74) is 2.29. The van der Waals surface area contributed by atoms with E-state index in [1.807, 2.05) is 48.8 Å². The predicted molar refractivity (Wildman–Crippen MR) is 92.2 cm³/mol. The standard InChI is InChI=1S/C19H23N3O2/c1-20-19(24)17-13-15-7-2-3-8-16(15)14-22(17)18(23)9-6-12-21-10-4-5-11-21/h2-5,7-8,10-11,17H,6,9,12-14H2,1H3,(H,20,24)/t17-/m0/s1. The SMILES string of the molecule is CNC(=O)[C@@H]1Cc2ccccc2CN1C(=O)CCCn1cccc1. The summed E-state index contributed by atoms with van der Waals surface area (Å²) in [5, 5.41) is 2.69. The van der Waals surface area contributed by atoms with E-state index in [9.17, 15) is 9.59 Å². The van der Waals surface area contributed by atoms with Crippen LogP contribution in [-0.4, -0.2) is 34.4 Å². The van der Waals surface area contributed by atoms with Gasteiger partial charge < -0.3 is 14.8 Å². The summed E-state index contributed by atoms with van der Waals surface area (Å²) < 4.78 is 2.06. The molecule has 126 valence electrons. The van der Waals surface area contributed by atoms with Crippen molar-refractivity contribution in [1.82, 2.24) is 14.8 Å². The third-order valence-electron chi connectivity index (χ3n) is 4.59. The van der Waals surface area contributed by atoms with Crippen LogP contribution < -0.4 is 5.32 Å². The van der Waals surface area contributed by atoms with Crippen LogP contribution in [0.15, 0.2) is 48.8 Å². The summed E-state index contributed by atoms with van der Waals surface area (Å²) >= 11 is 0. The zero-order valence-electron chi connectivity index (χ0n) is 13.9. The van der Waals surface area contributed by atoms with Crippen molar-refractivity contribution in [3.8, 4) is 0 Å². The Balaban J connectivity index is 1.68. The lowest BCUT2D eigenvalue weighted by Crippen LogP contribution is -2.51. The molecule has 0 spiro atoms. The number of nitrogens with zero attached hydrogens (tertiary/aromatic N) is 2. The Morgan fingerprint density at radius 3 is 2.54 bits per heavy atom. The van der Waals surface area contributed by atoms with Gasteiger partial charge in [0.25, 0.3) is 0 Å². The Hall–Kier alpha value is -2.56. The molecule has 0 aliphatic carbocycles. The molecule has 0 saturated carbocycles. The maximum absolute atomic E-state index is 12.7. The highest BCUT2D eigenvalue weighted by Crippen LogP contribution is 2.24. The van der Waals surface area contributed by atoms with Crippen molar-refractivity contribution < 1.29 is 9.59 Å². The number of likely N-dealkylation sites (N-methyl/N-ethyl adjacent to an activating group) is 1. The van der Waals surface area contributed by atoms with Crippen molar-refractivity contribution in [2.75, 3.05) is 7.05 Å². The molecule has 0 saturated heterocycles. The highest BCUT2D eigenvalue weighted by Gasteiger charge is 2.33. The van der Waals surface area contributed by atoms with Gasteiger partial charge in [-0.15, -0.1) is 0 Å². The second-order valence-electron chi connectivity index (χ2n) is 6.15. The summed E-state index contributed by atoms with van der Waals surface area (Å²) in [4.78, 5) is 26.7. The van der Waals surface area contributed by atoms with E-state index in [-0.39, 0.29) is 11.8 Å². The number of hydrogen-bond donors (Lipinski definition) is 1. The van der Waals surface area contributed by atoms with Gasteiger partial charge >= 0.3 is 0 Å². The predicted octanol–water partition coefficient (Wildman–Crippen LogP) is 1.97. The van der Waals surface area contributed by atoms with Crippen molar-refractivity contribution in [2.45, 2.75) is 38.4 Å². The number of hydrogen-bond acceptors (Lipinski definition) is 2. The Morgan fingerprint density at radius 2 is 1.83 bits per heavy atom. The van der Waals surface area contributed by atoms with Crippen LogP contribution in [0.1, 0.15) is 24.0 Å². The first kappa shape index (κ1) is 16.3. The number of fused-ring (bicyclic) bond motifs is 1. The summed E-state index contributed by atoms with van der Waals surface area (Å²) in [6.45, 7) is 1.32. The highest BCUT2D eigenvalue weighted by molar-refractivity contribution is 5.88. The van der Waals surface area contributed by atoms with E-state index in [0.29, 0.717) is 19.4 Å². The Labute approximate surface area is 142 Å². The Kier molecular flexibility index (Phi) is 4.99. The average Bonchev–Trinajstić information content (AvgIpc) is 3.13. The van der Waals surface area contributed by atoms with Gasteiger partial charge in [0, 0.05) is 45.4 Å². The Morgan fingerprint density at radius 1 is 1.12 bits per heavy atom. The summed E-state index contributed by atoms with van der Waals surface area (Å²) in [6, 6.07) is 11.6. The first-order valence-electron chi connectivity index (χ1n) is 8.37. The smallest absolute Gasteiger partial charge is 0.242 e. The molecule has 0 radical (unpaired) electrons. The number of nitrogens with one attached hydrogen (secondary N) is 1. The summed E-state index contributed by atoms with van der Waals surface area (Å²) in [7, 11) is 1.62. The number of rotatable bonds is 5. The van der Waals surface area contributed by atoms with Crippen LogP contribution in [0.25, 0.3) is 0 Å². The minimum atomic E-state index is -0.413. The molecule has 1 aromatic carbocycles. The minimum Gasteiger partial charge on any atom is -0.357 e. The van der Waals surface area contributed by atoms with E-state index >= 15 is 0 Å². The van der Waals surface area contributed by atoms with Crippen LogP contribution in [0.2, 0.25) is 0 Å². The van der Waals surface area contributed by atoms with Gasteiger partial charge in [-0.05, 0) is 29.7 Å². The summed E-state index contributed by atoms with van der Waals surface area (Å²) in [5.74, 6) is -0.0477. The van der Waals surface area contributed by atoms with E-state index in [4.69, 9.17) is 0 Å². The zero-order chi connectivity index (χ0) is 16.9. The number of aryl methyl sites for hydroxylation is 1. The van der Waals surface area contributed by atoms with Crippen LogP contribution in [0.3, 0.4) is 0 Å². The van der Waals surface area contributed by atoms with Gasteiger partial charge in [0.1, 0.15) is 6.04 Å². The molecular formula is C19H23N3O2. The molecule has 2 heterocycles. The highest BCUT2D eigenvalue weighted by atomic mass is 16.2. The fraction of sp³-hybridized carbons (Fsp3) is 0.368. The van der Waals surface area contributed by atoms with Gasteiger partial charge in [-0.3, -0.25) is 9.59 Å². The van der Waals surface area contributed by atoms with E-state index < -0.39 is 6.04 Å². The van der Waals surface area contributed by atoms with E-state index in [1.165, 1.54) is 0 Å². The van der Waals surface area contributed by atoms with Crippen molar-refractivity contribution in [3.63, 3.8) is 0 Å². The molecule has 1 atom stereocenters. The van der Waals surface area contributed by atoms with Gasteiger partial charge in [0.05, 0.1) is 0 Å². The first-order valence-corrected chi connectivity index (χ1v) is 8.37. The van der Waals surface area contributed by atoms with Crippen LogP contribution >= 0.6 is 0 Å². The fourth-order valence-corrected chi connectivity index (χ4v) is 3.26. The van der Waals surface area contributed by atoms with Crippen molar-refractivity contribution in [3.05, 3.63) is 59.9 Å². The monoisotopic (exact) mass is 325 g/mol. The topological polar surface area (TPSA) is 54.3 Å². The molecule has 1 aromatic heterocycles. The fourth-order valence-electron chi connectivity index (χ4n) is 3.26. The van der Waals surface area contributed by atoms with Crippen LogP contribution in [0.5, 0.6) is 0 Å². The number of amides is 2. The molecule has 0 bridgehead atoms. The molecule has 5 nitrogen and oxygen atoms in total. The number of aromatic nitrogens is 1. The Bertz CT molecular complexity index is 709. The van der Waals surface area contributed by atoms with Crippen molar-refractivity contribution in [1.29, 1.82) is 0 Å². The maximum Gasteiger partial charge on any atom is 0.242 e. The minimum absolute atomic E-state index is 0.0465. The molecule has 5 heteroatoms. The molecule has 24 heavy (non-hydrogen) atoms. The van der Waals surface area contributed by atoms with Gasteiger partial charge in [-0.25, -0.2) is 0 Å². The van der Waals surface area contributed by atoms with E-state index in [2.05, 4.69) is 9.88 Å². The van der Waals surface area contributed by atoms with E-state index in [1.54, 1.807) is 11.9 Å². The third kappa shape index (κ3) is 3.50. The molecule has 1 aliphatic heterocycles. The van der Waals surface area contributed by atoms with Crippen LogP contribution in [-0.2, 0) is 29.1 Å². The quantitative estimate of drug-likeness (QED) is 0.914. The number of carbonyl (C=O) groups excluding carboxylic acids is 2. The van der Waals surface area contributed by atoms with Crippen LogP contribution in [0.4, 0.5) is 0 Å². The zero-order valence-corrected chi connectivity index (χ0v) is 13.9. The molecule has 2 amide bonds. The first-order chi connectivity index (χ1) is 11.7. The average molecular weight is 325 g/mol. The lowest BCUT2D eigenvalue weighted by atomic mass is 9.93. The lowest BCUT2D eigenvalue weighted by molar-refractivity contribution is -0.141. The molecule has 3 rings (SSSR count). The van der Waals surface area contributed by atoms with Crippen molar-refractivity contribution >= 4 is 11.8 Å². The number of benzene rings is 1. The normalized spacial score (nSPS) is 16.5. The second kappa shape index (κ2) is 7.34. The molecule has 0 fully saturated rings. The van der Waals surface area contributed by atoms with Crippen LogP contribution in [0, 0.1) is 0 Å². The van der Waals surface area contributed by atoms with Gasteiger partial charge in [0.2, 0.25) is 11.8 Å². The molecule has 1 N–H and O–H groups in total. The summed E-state index contributed by atoms with van der Waals surface area (Å²) in [6.07, 6.45) is 5.79. The third-order valence-corrected chi connectivity index (χ3v) is 4.59. The van der Waals surface area contributed by atoms with Crippen molar-refractivity contribution in [2.24, 2.45) is 0 Å². The molecule has 1 aliphatic rings. The molecule has 2 aromatic rings.